The summed E-state index contributed by atoms with van der Waals surface area (Å²) in [4.78, 5) is 64.0. The number of ketones is 1. The number of hydrogen-bond acceptors (Lipinski definition) is 10. The molecular weight excluding hydrogens is 692 g/mol. The van der Waals surface area contributed by atoms with Gasteiger partial charge in [-0.2, -0.15) is 0 Å². The van der Waals surface area contributed by atoms with Gasteiger partial charge in [-0.15, -0.1) is 12.4 Å². The van der Waals surface area contributed by atoms with Gasteiger partial charge in [-0.05, 0) is 115 Å². The van der Waals surface area contributed by atoms with Crippen LogP contribution in [0.15, 0.2) is 0 Å². The largest absolute Gasteiger partial charge is 0.450 e. The molecule has 296 valence electrons. The van der Waals surface area contributed by atoms with Crippen LogP contribution in [0.3, 0.4) is 0 Å². The van der Waals surface area contributed by atoms with Gasteiger partial charge in [-0.1, -0.05) is 0 Å². The third-order valence-electron chi connectivity index (χ3n) is 12.6. The van der Waals surface area contributed by atoms with Crippen molar-refractivity contribution in [1.29, 1.82) is 0 Å². The van der Waals surface area contributed by atoms with Crippen molar-refractivity contribution in [3.63, 3.8) is 0 Å². The standard InChI is InChI=1S/C18H29N3O3.C10H15NO3.C8H14N2O.CH4O.ClH/c1-2-24-17(23)21-13-3-4-14(21)10-15(9-13)20-7-5-18(6-8-20)11-16(22)19-12-18;1-2-14-10(13)11-7-3-4-8(11)6-9(12)5-7;11-7-5-8(6-10-7)1-3-9-4-2-8;1-2;/h13-15H,2-12H2,1H3,(H,19,22);7-8H,2-6H2,1H3;9H,1-6H2,(H,10,11);2H,1H3;1H. The highest BCUT2D eigenvalue weighted by molar-refractivity contribution is 5.85. The van der Waals surface area contributed by atoms with Gasteiger partial charge in [0.15, 0.2) is 0 Å². The number of aliphatic hydroxyl groups excluding tert-OH is 1. The molecule has 8 fully saturated rings. The fraction of sp³-hybridized carbons (Fsp3) is 0.865. The number of carbonyl (C=O) groups is 5. The summed E-state index contributed by atoms with van der Waals surface area (Å²) < 4.78 is 10.2. The Morgan fingerprint density at radius 2 is 1.12 bits per heavy atom. The van der Waals surface area contributed by atoms with Crippen molar-refractivity contribution in [2.75, 3.05) is 59.6 Å². The molecule has 15 heteroatoms. The molecule has 0 aliphatic carbocycles. The third kappa shape index (κ3) is 9.89. The summed E-state index contributed by atoms with van der Waals surface area (Å²) in [6, 6.07) is 1.54. The van der Waals surface area contributed by atoms with Crippen molar-refractivity contribution >= 4 is 42.2 Å². The lowest BCUT2D eigenvalue weighted by atomic mass is 9.77. The topological polar surface area (TPSA) is 170 Å². The van der Waals surface area contributed by atoms with Crippen LogP contribution in [-0.2, 0) is 23.9 Å². The Bertz CT molecular complexity index is 1210. The first kappa shape index (κ1) is 42.1. The monoisotopic (exact) mass is 754 g/mol. The second-order valence-corrected chi connectivity index (χ2v) is 15.7. The minimum atomic E-state index is -0.243. The Labute approximate surface area is 315 Å². The highest BCUT2D eigenvalue weighted by atomic mass is 35.5. The lowest BCUT2D eigenvalue weighted by Gasteiger charge is -2.46. The van der Waals surface area contributed by atoms with E-state index >= 15 is 0 Å². The van der Waals surface area contributed by atoms with Gasteiger partial charge in [0.1, 0.15) is 5.78 Å². The number of likely N-dealkylation sites (tertiary alicyclic amines) is 1. The van der Waals surface area contributed by atoms with Crippen LogP contribution >= 0.6 is 12.4 Å². The smallest absolute Gasteiger partial charge is 0.410 e. The van der Waals surface area contributed by atoms with E-state index in [0.29, 0.717) is 56.0 Å². The summed E-state index contributed by atoms with van der Waals surface area (Å²) in [6.07, 6.45) is 13.0. The van der Waals surface area contributed by atoms with E-state index in [1.807, 2.05) is 11.8 Å². The molecule has 8 aliphatic rings. The van der Waals surface area contributed by atoms with E-state index in [9.17, 15) is 24.0 Å². The maximum absolute atomic E-state index is 12.2. The Hall–Kier alpha value is -2.68. The third-order valence-corrected chi connectivity index (χ3v) is 12.6. The highest BCUT2D eigenvalue weighted by Crippen LogP contribution is 2.42. The number of Topliss-reactive ketones (excluding diaryl/α,β-unsaturated/α-hetero) is 1. The molecule has 0 radical (unpaired) electrons. The van der Waals surface area contributed by atoms with Crippen molar-refractivity contribution in [2.24, 2.45) is 10.8 Å². The number of amides is 4. The van der Waals surface area contributed by atoms with Crippen molar-refractivity contribution in [1.82, 2.24) is 30.7 Å². The van der Waals surface area contributed by atoms with Crippen LogP contribution in [0.25, 0.3) is 0 Å². The van der Waals surface area contributed by atoms with E-state index in [4.69, 9.17) is 14.6 Å². The van der Waals surface area contributed by atoms with Gasteiger partial charge in [-0.25, -0.2) is 9.59 Å². The number of hydrogen-bond donors (Lipinski definition) is 4. The van der Waals surface area contributed by atoms with Crippen LogP contribution in [0.1, 0.15) is 104 Å². The zero-order valence-corrected chi connectivity index (χ0v) is 32.3. The Morgan fingerprint density at radius 1 is 0.692 bits per heavy atom. The quantitative estimate of drug-likeness (QED) is 0.336. The van der Waals surface area contributed by atoms with Crippen LogP contribution in [-0.4, -0.2) is 139 Å². The van der Waals surface area contributed by atoms with Gasteiger partial charge in [-0.3, -0.25) is 14.4 Å². The van der Waals surface area contributed by atoms with Crippen LogP contribution in [0.5, 0.6) is 0 Å². The summed E-state index contributed by atoms with van der Waals surface area (Å²) in [6.45, 7) is 10.7. The minimum absolute atomic E-state index is 0. The summed E-state index contributed by atoms with van der Waals surface area (Å²) in [5.74, 6) is 0.759. The number of ether oxygens (including phenoxy) is 2. The maximum Gasteiger partial charge on any atom is 0.410 e. The van der Waals surface area contributed by atoms with Gasteiger partial charge in [0.25, 0.3) is 0 Å². The fourth-order valence-electron chi connectivity index (χ4n) is 9.94. The van der Waals surface area contributed by atoms with Crippen LogP contribution < -0.4 is 16.0 Å². The normalized spacial score (nSPS) is 30.8. The molecule has 0 aromatic heterocycles. The molecular formula is C37H63ClN6O8. The molecule has 4 bridgehead atoms. The fourth-order valence-corrected chi connectivity index (χ4v) is 9.94. The first-order valence-corrected chi connectivity index (χ1v) is 19.5. The Morgan fingerprint density at radius 3 is 1.54 bits per heavy atom. The Balaban J connectivity index is 0.000000184. The zero-order chi connectivity index (χ0) is 36.6. The van der Waals surface area contributed by atoms with Crippen LogP contribution in [0, 0.1) is 10.8 Å². The maximum atomic E-state index is 12.2. The van der Waals surface area contributed by atoms with Crippen molar-refractivity contribution in [2.45, 2.75) is 134 Å². The van der Waals surface area contributed by atoms with Gasteiger partial charge in [0.05, 0.1) is 13.2 Å². The molecule has 0 saturated carbocycles. The molecule has 8 rings (SSSR count). The van der Waals surface area contributed by atoms with E-state index in [1.165, 1.54) is 0 Å². The van der Waals surface area contributed by atoms with Crippen LogP contribution in [0.4, 0.5) is 9.59 Å². The van der Waals surface area contributed by atoms with Gasteiger partial charge in [0, 0.05) is 76.1 Å². The van der Waals surface area contributed by atoms with Gasteiger partial charge < -0.3 is 45.2 Å². The number of aliphatic hydroxyl groups is 1. The number of nitrogens with zero attached hydrogens (tertiary/aromatic N) is 3. The molecule has 8 aliphatic heterocycles. The molecule has 2 spiro atoms. The van der Waals surface area contributed by atoms with Crippen molar-refractivity contribution in [3.05, 3.63) is 0 Å². The summed E-state index contributed by atoms with van der Waals surface area (Å²) >= 11 is 0. The number of rotatable bonds is 3. The first-order valence-electron chi connectivity index (χ1n) is 19.5. The number of halogens is 1. The average Bonchev–Trinajstić information content (AvgIpc) is 3.83. The second kappa shape index (κ2) is 19.1. The second-order valence-electron chi connectivity index (χ2n) is 15.7. The predicted molar refractivity (Wildman–Crippen MR) is 197 cm³/mol. The molecule has 4 amide bonds. The molecule has 52 heavy (non-hydrogen) atoms. The zero-order valence-electron chi connectivity index (χ0n) is 31.5. The SMILES string of the molecule is CCOC(=O)N1C2CCC1CC(=O)C2.CCOC(=O)N1C2CCC1CC(N1CCC3(CC1)CNC(=O)C3)C2.CO.Cl.O=C1CC2(CCNCC2)CN1. The van der Waals surface area contributed by atoms with E-state index in [-0.39, 0.29) is 59.7 Å². The number of nitrogens with one attached hydrogen (secondary N) is 3. The predicted octanol–water partition coefficient (Wildman–Crippen LogP) is 2.99. The van der Waals surface area contributed by atoms with E-state index in [0.717, 1.165) is 117 Å². The molecule has 0 aromatic rings. The lowest BCUT2D eigenvalue weighted by Crippen LogP contribution is -2.54. The molecule has 14 nitrogen and oxygen atoms in total. The summed E-state index contributed by atoms with van der Waals surface area (Å²) in [5, 5.41) is 16.2. The van der Waals surface area contributed by atoms with E-state index < -0.39 is 0 Å². The van der Waals surface area contributed by atoms with E-state index in [2.05, 4.69) is 20.9 Å². The van der Waals surface area contributed by atoms with E-state index in [1.54, 1.807) is 11.8 Å². The Kier molecular flexibility index (Phi) is 15.4. The van der Waals surface area contributed by atoms with Gasteiger partial charge >= 0.3 is 12.2 Å². The molecule has 4 N–H and O–H groups in total. The molecule has 4 unspecified atom stereocenters. The van der Waals surface area contributed by atoms with Crippen LogP contribution in [0.2, 0.25) is 0 Å². The number of fused-ring (bicyclic) bond motifs is 4. The number of carbonyl (C=O) groups excluding carboxylic acids is 5. The summed E-state index contributed by atoms with van der Waals surface area (Å²) in [5.41, 5.74) is 0.542. The number of piperidine rings is 4. The lowest BCUT2D eigenvalue weighted by molar-refractivity contribution is -0.123. The molecule has 8 heterocycles. The highest BCUT2D eigenvalue weighted by Gasteiger charge is 2.48. The minimum Gasteiger partial charge on any atom is -0.450 e. The average molecular weight is 755 g/mol. The summed E-state index contributed by atoms with van der Waals surface area (Å²) in [7, 11) is 1.00. The van der Waals surface area contributed by atoms with Crippen molar-refractivity contribution < 1.29 is 38.6 Å². The molecule has 0 aromatic carbocycles. The first-order chi connectivity index (χ1) is 24.6. The van der Waals surface area contributed by atoms with Gasteiger partial charge in [0.2, 0.25) is 11.8 Å². The molecule has 4 atom stereocenters. The molecule has 8 saturated heterocycles. The van der Waals surface area contributed by atoms with Crippen molar-refractivity contribution in [3.8, 4) is 0 Å².